The summed E-state index contributed by atoms with van der Waals surface area (Å²) in [6, 6.07) is 4.00. The molecule has 0 bridgehead atoms. The quantitative estimate of drug-likeness (QED) is 0.859. The van der Waals surface area contributed by atoms with Crippen LogP contribution in [0.4, 0.5) is 0 Å². The highest BCUT2D eigenvalue weighted by atomic mass is 32.2. The van der Waals surface area contributed by atoms with E-state index >= 15 is 0 Å². The Hall–Kier alpha value is -1.31. The lowest BCUT2D eigenvalue weighted by atomic mass is 9.98. The van der Waals surface area contributed by atoms with E-state index in [1.165, 1.54) is 6.26 Å². The first-order chi connectivity index (χ1) is 10.4. The summed E-state index contributed by atoms with van der Waals surface area (Å²) in [6.07, 6.45) is 4.81. The zero-order valence-corrected chi connectivity index (χ0v) is 14.3. The van der Waals surface area contributed by atoms with Crippen molar-refractivity contribution in [1.82, 2.24) is 14.3 Å². The molecule has 2 aromatic heterocycles. The van der Waals surface area contributed by atoms with Gasteiger partial charge in [0.05, 0.1) is 6.26 Å². The van der Waals surface area contributed by atoms with Gasteiger partial charge < -0.3 is 0 Å². The van der Waals surface area contributed by atoms with Crippen LogP contribution < -0.4 is 0 Å². The molecule has 3 rings (SSSR count). The molecule has 0 saturated carbocycles. The standard InChI is InChI=1S/C15H19N3O2S2/c1-11-10-21-15(17-11)14-13(4-3-6-16-14)8-12-5-7-18(9-12)22(2,19)20/h3-4,6,10,12H,5,7-9H2,1-2H3/t12-/m0/s1. The average Bonchev–Trinajstić information content (AvgIpc) is 3.08. The molecule has 0 amide bonds. The molecule has 7 heteroatoms. The highest BCUT2D eigenvalue weighted by Gasteiger charge is 2.29. The van der Waals surface area contributed by atoms with Crippen LogP contribution in [0.3, 0.4) is 0 Å². The molecule has 1 atom stereocenters. The van der Waals surface area contributed by atoms with Gasteiger partial charge in [0, 0.05) is 30.4 Å². The van der Waals surface area contributed by atoms with E-state index in [1.807, 2.05) is 18.4 Å². The summed E-state index contributed by atoms with van der Waals surface area (Å²) in [5, 5.41) is 2.96. The molecule has 0 aromatic carbocycles. The van der Waals surface area contributed by atoms with Crippen LogP contribution in [0.2, 0.25) is 0 Å². The summed E-state index contributed by atoms with van der Waals surface area (Å²) < 4.78 is 24.8. The second kappa shape index (κ2) is 6.06. The Kier molecular flexibility index (Phi) is 4.29. The minimum atomic E-state index is -3.08. The van der Waals surface area contributed by atoms with Crippen molar-refractivity contribution in [3.63, 3.8) is 0 Å². The van der Waals surface area contributed by atoms with Gasteiger partial charge in [-0.15, -0.1) is 11.3 Å². The molecule has 0 radical (unpaired) electrons. The molecule has 22 heavy (non-hydrogen) atoms. The van der Waals surface area contributed by atoms with Crippen molar-refractivity contribution in [3.8, 4) is 10.7 Å². The van der Waals surface area contributed by atoms with Crippen molar-refractivity contribution in [3.05, 3.63) is 35.0 Å². The van der Waals surface area contributed by atoms with Crippen molar-refractivity contribution >= 4 is 21.4 Å². The minimum Gasteiger partial charge on any atom is -0.253 e. The molecule has 0 unspecified atom stereocenters. The van der Waals surface area contributed by atoms with Gasteiger partial charge >= 0.3 is 0 Å². The smallest absolute Gasteiger partial charge is 0.211 e. The number of hydrogen-bond donors (Lipinski definition) is 0. The summed E-state index contributed by atoms with van der Waals surface area (Å²) in [5.74, 6) is 0.346. The van der Waals surface area contributed by atoms with Gasteiger partial charge in [-0.25, -0.2) is 17.7 Å². The number of pyridine rings is 1. The third-order valence-electron chi connectivity index (χ3n) is 3.94. The van der Waals surface area contributed by atoms with Crippen molar-refractivity contribution in [1.29, 1.82) is 0 Å². The normalized spacial score (nSPS) is 19.6. The zero-order chi connectivity index (χ0) is 15.7. The molecule has 1 saturated heterocycles. The Morgan fingerprint density at radius 3 is 2.91 bits per heavy atom. The van der Waals surface area contributed by atoms with Crippen LogP contribution in [0.15, 0.2) is 23.7 Å². The van der Waals surface area contributed by atoms with E-state index in [-0.39, 0.29) is 0 Å². The Balaban J connectivity index is 1.80. The van der Waals surface area contributed by atoms with E-state index in [1.54, 1.807) is 21.8 Å². The first-order valence-electron chi connectivity index (χ1n) is 7.25. The van der Waals surface area contributed by atoms with Crippen LogP contribution in [0, 0.1) is 12.8 Å². The van der Waals surface area contributed by atoms with Gasteiger partial charge in [0.25, 0.3) is 0 Å². The Labute approximate surface area is 135 Å². The fourth-order valence-corrected chi connectivity index (χ4v) is 4.58. The Morgan fingerprint density at radius 2 is 2.27 bits per heavy atom. The zero-order valence-electron chi connectivity index (χ0n) is 12.7. The van der Waals surface area contributed by atoms with Crippen molar-refractivity contribution in [2.45, 2.75) is 19.8 Å². The molecule has 0 aliphatic carbocycles. The average molecular weight is 337 g/mol. The third kappa shape index (κ3) is 3.37. The fraction of sp³-hybridized carbons (Fsp3) is 0.467. The molecule has 5 nitrogen and oxygen atoms in total. The largest absolute Gasteiger partial charge is 0.253 e. The van der Waals surface area contributed by atoms with Crippen molar-refractivity contribution < 1.29 is 8.42 Å². The number of hydrogen-bond acceptors (Lipinski definition) is 5. The highest BCUT2D eigenvalue weighted by Crippen LogP contribution is 2.29. The van der Waals surface area contributed by atoms with E-state index in [0.29, 0.717) is 19.0 Å². The van der Waals surface area contributed by atoms with Gasteiger partial charge in [-0.05, 0) is 37.3 Å². The lowest BCUT2D eigenvalue weighted by Gasteiger charge is -2.14. The predicted octanol–water partition coefficient (Wildman–Crippen LogP) is 2.34. The monoisotopic (exact) mass is 337 g/mol. The maximum atomic E-state index is 11.6. The number of aryl methyl sites for hydroxylation is 1. The summed E-state index contributed by atoms with van der Waals surface area (Å²) in [4.78, 5) is 9.01. The first-order valence-corrected chi connectivity index (χ1v) is 9.98. The molecule has 3 heterocycles. The van der Waals surface area contributed by atoms with Crippen LogP contribution in [0.25, 0.3) is 10.7 Å². The summed E-state index contributed by atoms with van der Waals surface area (Å²) >= 11 is 1.60. The highest BCUT2D eigenvalue weighted by molar-refractivity contribution is 7.88. The van der Waals surface area contributed by atoms with Gasteiger partial charge in [0.1, 0.15) is 10.7 Å². The number of rotatable bonds is 4. The van der Waals surface area contributed by atoms with Gasteiger partial charge in [-0.1, -0.05) is 6.07 Å². The van der Waals surface area contributed by atoms with Crippen LogP contribution >= 0.6 is 11.3 Å². The molecule has 0 spiro atoms. The predicted molar refractivity (Wildman–Crippen MR) is 88.3 cm³/mol. The number of nitrogens with zero attached hydrogens (tertiary/aromatic N) is 3. The van der Waals surface area contributed by atoms with E-state index < -0.39 is 10.0 Å². The number of thiazole rings is 1. The molecule has 118 valence electrons. The summed E-state index contributed by atoms with van der Waals surface area (Å²) in [6.45, 7) is 3.20. The summed E-state index contributed by atoms with van der Waals surface area (Å²) in [7, 11) is -3.08. The van der Waals surface area contributed by atoms with Gasteiger partial charge in [0.2, 0.25) is 10.0 Å². The molecular formula is C15H19N3O2S2. The second-order valence-corrected chi connectivity index (χ2v) is 8.63. The number of sulfonamides is 1. The minimum absolute atomic E-state index is 0.346. The Morgan fingerprint density at radius 1 is 1.45 bits per heavy atom. The van der Waals surface area contributed by atoms with Gasteiger partial charge in [-0.2, -0.15) is 0 Å². The SMILES string of the molecule is Cc1csc(-c2ncccc2C[C@@H]2CCN(S(C)(=O)=O)C2)n1. The number of aromatic nitrogens is 2. The third-order valence-corrected chi connectivity index (χ3v) is 6.18. The molecule has 1 fully saturated rings. The van der Waals surface area contributed by atoms with E-state index in [4.69, 9.17) is 0 Å². The summed E-state index contributed by atoms with van der Waals surface area (Å²) in [5.41, 5.74) is 3.08. The lowest BCUT2D eigenvalue weighted by molar-refractivity contribution is 0.460. The molecule has 1 aliphatic heterocycles. The van der Waals surface area contributed by atoms with Crippen LogP contribution in [0.1, 0.15) is 17.7 Å². The van der Waals surface area contributed by atoms with E-state index in [2.05, 4.69) is 16.0 Å². The van der Waals surface area contributed by atoms with Crippen LogP contribution in [-0.2, 0) is 16.4 Å². The van der Waals surface area contributed by atoms with Crippen LogP contribution in [0.5, 0.6) is 0 Å². The van der Waals surface area contributed by atoms with Crippen LogP contribution in [-0.4, -0.2) is 42.0 Å². The van der Waals surface area contributed by atoms with Gasteiger partial charge in [0.15, 0.2) is 0 Å². The van der Waals surface area contributed by atoms with Crippen molar-refractivity contribution in [2.75, 3.05) is 19.3 Å². The molecule has 1 aliphatic rings. The molecule has 0 N–H and O–H groups in total. The van der Waals surface area contributed by atoms with Crippen molar-refractivity contribution in [2.24, 2.45) is 5.92 Å². The maximum absolute atomic E-state index is 11.6. The molecule has 2 aromatic rings. The first kappa shape index (κ1) is 15.6. The Bertz CT molecular complexity index is 771. The maximum Gasteiger partial charge on any atom is 0.211 e. The van der Waals surface area contributed by atoms with E-state index in [9.17, 15) is 8.42 Å². The molecular weight excluding hydrogens is 318 g/mol. The lowest BCUT2D eigenvalue weighted by Crippen LogP contribution is -2.27. The van der Waals surface area contributed by atoms with Gasteiger partial charge in [-0.3, -0.25) is 4.98 Å². The fourth-order valence-electron chi connectivity index (χ4n) is 2.83. The van der Waals surface area contributed by atoms with E-state index in [0.717, 1.165) is 34.8 Å². The topological polar surface area (TPSA) is 63.2 Å². The second-order valence-electron chi connectivity index (χ2n) is 5.79.